The Bertz CT molecular complexity index is 208. The number of amides is 1. The lowest BCUT2D eigenvalue weighted by Gasteiger charge is -2.12. The van der Waals surface area contributed by atoms with Gasteiger partial charge in [0, 0.05) is 26.0 Å². The SMILES string of the molecule is CCNCCC(=O)N[C@H](CCO)C(=O)O. The Morgan fingerprint density at radius 2 is 2.07 bits per heavy atom. The predicted molar refractivity (Wildman–Crippen MR) is 54.4 cm³/mol. The van der Waals surface area contributed by atoms with Crippen molar-refractivity contribution in [1.82, 2.24) is 10.6 Å². The molecule has 0 unspecified atom stereocenters. The molecule has 6 heteroatoms. The molecule has 0 aromatic heterocycles. The average molecular weight is 218 g/mol. The lowest BCUT2D eigenvalue weighted by atomic mass is 10.2. The van der Waals surface area contributed by atoms with Crippen LogP contribution in [0, 0.1) is 0 Å². The van der Waals surface area contributed by atoms with Crippen molar-refractivity contribution < 1.29 is 19.8 Å². The van der Waals surface area contributed by atoms with Gasteiger partial charge in [-0.1, -0.05) is 6.92 Å². The number of carbonyl (C=O) groups is 2. The summed E-state index contributed by atoms with van der Waals surface area (Å²) in [7, 11) is 0. The molecule has 0 bridgehead atoms. The van der Waals surface area contributed by atoms with Crippen molar-refractivity contribution in [3.63, 3.8) is 0 Å². The molecule has 1 amide bonds. The molecule has 0 saturated carbocycles. The van der Waals surface area contributed by atoms with Crippen molar-refractivity contribution in [2.75, 3.05) is 19.7 Å². The minimum Gasteiger partial charge on any atom is -0.480 e. The first-order valence-corrected chi connectivity index (χ1v) is 4.95. The van der Waals surface area contributed by atoms with Gasteiger partial charge in [0.25, 0.3) is 0 Å². The zero-order valence-corrected chi connectivity index (χ0v) is 8.82. The van der Waals surface area contributed by atoms with Gasteiger partial charge in [0.1, 0.15) is 6.04 Å². The first-order valence-electron chi connectivity index (χ1n) is 4.95. The van der Waals surface area contributed by atoms with Crippen LogP contribution in [0.25, 0.3) is 0 Å². The first kappa shape index (κ1) is 13.9. The highest BCUT2D eigenvalue weighted by atomic mass is 16.4. The van der Waals surface area contributed by atoms with E-state index in [4.69, 9.17) is 10.2 Å². The molecule has 6 nitrogen and oxygen atoms in total. The van der Waals surface area contributed by atoms with E-state index in [9.17, 15) is 9.59 Å². The number of aliphatic hydroxyl groups is 1. The van der Waals surface area contributed by atoms with Gasteiger partial charge >= 0.3 is 5.97 Å². The van der Waals surface area contributed by atoms with Crippen LogP contribution in [0.3, 0.4) is 0 Å². The van der Waals surface area contributed by atoms with Crippen LogP contribution in [-0.2, 0) is 9.59 Å². The Morgan fingerprint density at radius 1 is 1.40 bits per heavy atom. The van der Waals surface area contributed by atoms with Crippen molar-refractivity contribution >= 4 is 11.9 Å². The fraction of sp³-hybridized carbons (Fsp3) is 0.778. The second-order valence-corrected chi connectivity index (χ2v) is 3.07. The van der Waals surface area contributed by atoms with Crippen molar-refractivity contribution in [2.24, 2.45) is 0 Å². The third-order valence-corrected chi connectivity index (χ3v) is 1.83. The molecule has 0 spiro atoms. The average Bonchev–Trinajstić information content (AvgIpc) is 2.17. The maximum atomic E-state index is 11.2. The zero-order chi connectivity index (χ0) is 11.7. The predicted octanol–water partition coefficient (Wildman–Crippen LogP) is -1.06. The van der Waals surface area contributed by atoms with Crippen molar-refractivity contribution in [3.8, 4) is 0 Å². The molecule has 0 aromatic carbocycles. The summed E-state index contributed by atoms with van der Waals surface area (Å²) in [5.74, 6) is -1.45. The van der Waals surface area contributed by atoms with Gasteiger partial charge in [0.15, 0.2) is 0 Å². The largest absolute Gasteiger partial charge is 0.480 e. The van der Waals surface area contributed by atoms with E-state index >= 15 is 0 Å². The summed E-state index contributed by atoms with van der Waals surface area (Å²) in [6.07, 6.45) is 0.269. The maximum absolute atomic E-state index is 11.2. The van der Waals surface area contributed by atoms with E-state index in [2.05, 4.69) is 10.6 Å². The minimum absolute atomic E-state index is 0.0300. The zero-order valence-electron chi connectivity index (χ0n) is 8.82. The molecule has 0 aliphatic heterocycles. The Balaban J connectivity index is 3.84. The lowest BCUT2D eigenvalue weighted by molar-refractivity contribution is -0.142. The van der Waals surface area contributed by atoms with Crippen LogP contribution >= 0.6 is 0 Å². The van der Waals surface area contributed by atoms with E-state index in [0.717, 1.165) is 6.54 Å². The smallest absolute Gasteiger partial charge is 0.326 e. The molecule has 88 valence electrons. The molecule has 1 atom stereocenters. The van der Waals surface area contributed by atoms with E-state index < -0.39 is 12.0 Å². The van der Waals surface area contributed by atoms with E-state index in [1.165, 1.54) is 0 Å². The summed E-state index contributed by atoms with van der Waals surface area (Å²) in [6, 6.07) is -0.996. The van der Waals surface area contributed by atoms with Crippen LogP contribution < -0.4 is 10.6 Å². The monoisotopic (exact) mass is 218 g/mol. The summed E-state index contributed by atoms with van der Waals surface area (Å²) in [6.45, 7) is 2.95. The number of carbonyl (C=O) groups excluding carboxylic acids is 1. The molecule has 0 aliphatic rings. The van der Waals surface area contributed by atoms with Gasteiger partial charge in [-0.3, -0.25) is 4.79 Å². The van der Waals surface area contributed by atoms with Gasteiger partial charge in [-0.2, -0.15) is 0 Å². The van der Waals surface area contributed by atoms with Crippen molar-refractivity contribution in [3.05, 3.63) is 0 Å². The minimum atomic E-state index is -1.12. The Morgan fingerprint density at radius 3 is 2.53 bits per heavy atom. The molecule has 4 N–H and O–H groups in total. The Labute approximate surface area is 88.7 Å². The number of hydrogen-bond donors (Lipinski definition) is 4. The maximum Gasteiger partial charge on any atom is 0.326 e. The second kappa shape index (κ2) is 8.19. The molecule has 15 heavy (non-hydrogen) atoms. The molecule has 0 rings (SSSR count). The van der Waals surface area contributed by atoms with Gasteiger partial charge in [0.05, 0.1) is 0 Å². The van der Waals surface area contributed by atoms with Gasteiger partial charge in [0.2, 0.25) is 5.91 Å². The van der Waals surface area contributed by atoms with Crippen LogP contribution in [0.2, 0.25) is 0 Å². The van der Waals surface area contributed by atoms with Gasteiger partial charge in [-0.05, 0) is 6.54 Å². The third-order valence-electron chi connectivity index (χ3n) is 1.83. The number of carboxylic acids is 1. The first-order chi connectivity index (χ1) is 7.11. The van der Waals surface area contributed by atoms with Crippen LogP contribution in [0.1, 0.15) is 19.8 Å². The lowest BCUT2D eigenvalue weighted by Crippen LogP contribution is -2.42. The summed E-state index contributed by atoms with van der Waals surface area (Å²) in [5.41, 5.74) is 0. The third kappa shape index (κ3) is 6.87. The van der Waals surface area contributed by atoms with Gasteiger partial charge < -0.3 is 20.8 Å². The van der Waals surface area contributed by atoms with Gasteiger partial charge in [-0.25, -0.2) is 4.79 Å². The number of aliphatic carboxylic acids is 1. The normalized spacial score (nSPS) is 12.1. The molecule has 0 aliphatic carbocycles. The quantitative estimate of drug-likeness (QED) is 0.389. The summed E-state index contributed by atoms with van der Waals surface area (Å²) >= 11 is 0. The molecule has 0 fully saturated rings. The fourth-order valence-corrected chi connectivity index (χ4v) is 1.03. The van der Waals surface area contributed by atoms with E-state index in [1.54, 1.807) is 0 Å². The van der Waals surface area contributed by atoms with Crippen molar-refractivity contribution in [1.29, 1.82) is 0 Å². The number of carboxylic acid groups (broad SMARTS) is 1. The Hall–Kier alpha value is -1.14. The van der Waals surface area contributed by atoms with E-state index in [-0.39, 0.29) is 25.4 Å². The summed E-state index contributed by atoms with van der Waals surface area (Å²) in [5, 5.41) is 22.6. The molecule has 0 saturated heterocycles. The van der Waals surface area contributed by atoms with E-state index in [1.807, 2.05) is 6.92 Å². The van der Waals surface area contributed by atoms with Crippen molar-refractivity contribution in [2.45, 2.75) is 25.8 Å². The van der Waals surface area contributed by atoms with Crippen LogP contribution in [-0.4, -0.2) is 47.8 Å². The number of aliphatic hydroxyl groups excluding tert-OH is 1. The molecular formula is C9H18N2O4. The molecular weight excluding hydrogens is 200 g/mol. The molecule has 0 heterocycles. The topological polar surface area (TPSA) is 98.7 Å². The van der Waals surface area contributed by atoms with E-state index in [0.29, 0.717) is 6.54 Å². The van der Waals surface area contributed by atoms with Crippen LogP contribution in [0.15, 0.2) is 0 Å². The molecule has 0 aromatic rings. The Kier molecular flexibility index (Phi) is 7.57. The molecule has 0 radical (unpaired) electrons. The van der Waals surface area contributed by atoms with Crippen LogP contribution in [0.5, 0.6) is 0 Å². The van der Waals surface area contributed by atoms with Crippen LogP contribution in [0.4, 0.5) is 0 Å². The highest BCUT2D eigenvalue weighted by molar-refractivity contribution is 5.83. The highest BCUT2D eigenvalue weighted by Crippen LogP contribution is 1.92. The number of rotatable bonds is 8. The standard InChI is InChI=1S/C9H18N2O4/c1-2-10-5-3-8(13)11-7(4-6-12)9(14)15/h7,10,12H,2-6H2,1H3,(H,11,13)(H,14,15)/t7-/m1/s1. The highest BCUT2D eigenvalue weighted by Gasteiger charge is 2.18. The number of hydrogen-bond acceptors (Lipinski definition) is 4. The summed E-state index contributed by atoms with van der Waals surface area (Å²) in [4.78, 5) is 21.8. The van der Waals surface area contributed by atoms with Gasteiger partial charge in [-0.15, -0.1) is 0 Å². The number of nitrogens with one attached hydrogen (secondary N) is 2. The summed E-state index contributed by atoms with van der Waals surface area (Å²) < 4.78 is 0. The fourth-order valence-electron chi connectivity index (χ4n) is 1.03. The second-order valence-electron chi connectivity index (χ2n) is 3.07.